The van der Waals surface area contributed by atoms with E-state index in [-0.39, 0.29) is 40.0 Å². The minimum atomic E-state index is -4.66. The van der Waals surface area contributed by atoms with E-state index in [4.69, 9.17) is 15.0 Å². The third-order valence-electron chi connectivity index (χ3n) is 3.65. The standard InChI is InChI=1S/C16H18F3N3O5S/c1-10(7-23)8-27-14-13(6-21-22(15(14)24)9-16(17,18)19)11-2-4-12(5-3-11)28(20,25)26/h2-6,10,23H,7-9H2,1H3,(H2,20,25,26)/t10-/m0/s1. The molecule has 0 aliphatic heterocycles. The third kappa shape index (κ3) is 5.53. The van der Waals surface area contributed by atoms with Gasteiger partial charge in [0.05, 0.1) is 17.7 Å². The van der Waals surface area contributed by atoms with Gasteiger partial charge in [-0.3, -0.25) is 4.79 Å². The van der Waals surface area contributed by atoms with Gasteiger partial charge >= 0.3 is 11.7 Å². The van der Waals surface area contributed by atoms with Crippen molar-refractivity contribution < 1.29 is 31.4 Å². The van der Waals surface area contributed by atoms with Crippen molar-refractivity contribution >= 4 is 10.0 Å². The van der Waals surface area contributed by atoms with Crippen LogP contribution in [0, 0.1) is 5.92 Å². The molecule has 0 bridgehead atoms. The molecule has 1 atom stereocenters. The van der Waals surface area contributed by atoms with Gasteiger partial charge in [0.25, 0.3) is 0 Å². The molecule has 8 nitrogen and oxygen atoms in total. The van der Waals surface area contributed by atoms with Crippen molar-refractivity contribution in [2.24, 2.45) is 11.1 Å². The zero-order chi connectivity index (χ0) is 21.1. The second kappa shape index (κ2) is 8.29. The van der Waals surface area contributed by atoms with Crippen molar-refractivity contribution in [1.82, 2.24) is 9.78 Å². The Balaban J connectivity index is 2.53. The van der Waals surface area contributed by atoms with Crippen LogP contribution in [0.25, 0.3) is 11.1 Å². The lowest BCUT2D eigenvalue weighted by molar-refractivity contribution is -0.143. The quantitative estimate of drug-likeness (QED) is 0.691. The summed E-state index contributed by atoms with van der Waals surface area (Å²) >= 11 is 0. The minimum absolute atomic E-state index is 0.0783. The highest BCUT2D eigenvalue weighted by Gasteiger charge is 2.30. The van der Waals surface area contributed by atoms with E-state index in [9.17, 15) is 26.4 Å². The van der Waals surface area contributed by atoms with Crippen molar-refractivity contribution in [1.29, 1.82) is 0 Å². The first-order chi connectivity index (χ1) is 12.9. The molecule has 28 heavy (non-hydrogen) atoms. The molecular formula is C16H18F3N3O5S. The number of benzene rings is 1. The van der Waals surface area contributed by atoms with Gasteiger partial charge in [-0.15, -0.1) is 0 Å². The molecule has 0 spiro atoms. The van der Waals surface area contributed by atoms with E-state index in [2.05, 4.69) is 5.10 Å². The van der Waals surface area contributed by atoms with Crippen LogP contribution in [0.5, 0.6) is 5.75 Å². The number of alkyl halides is 3. The van der Waals surface area contributed by atoms with Crippen LogP contribution >= 0.6 is 0 Å². The summed E-state index contributed by atoms with van der Waals surface area (Å²) in [7, 11) is -3.94. The van der Waals surface area contributed by atoms with Gasteiger partial charge in [-0.1, -0.05) is 19.1 Å². The molecule has 0 saturated carbocycles. The fourth-order valence-electron chi connectivity index (χ4n) is 2.20. The van der Waals surface area contributed by atoms with Crippen LogP contribution in [0.2, 0.25) is 0 Å². The number of ether oxygens (including phenoxy) is 1. The predicted molar refractivity (Wildman–Crippen MR) is 93.1 cm³/mol. The van der Waals surface area contributed by atoms with Crippen LogP contribution < -0.4 is 15.4 Å². The van der Waals surface area contributed by atoms with Crippen LogP contribution in [0.1, 0.15) is 6.92 Å². The van der Waals surface area contributed by atoms with Crippen LogP contribution in [0.3, 0.4) is 0 Å². The molecule has 2 aromatic rings. The number of aliphatic hydroxyl groups is 1. The normalized spacial score (nSPS) is 13.4. The molecule has 0 amide bonds. The Morgan fingerprint density at radius 2 is 1.89 bits per heavy atom. The maximum absolute atomic E-state index is 12.7. The number of rotatable bonds is 7. The summed E-state index contributed by atoms with van der Waals surface area (Å²) in [5, 5.41) is 17.6. The number of nitrogens with two attached hydrogens (primary N) is 1. The molecule has 154 valence electrons. The highest BCUT2D eigenvalue weighted by molar-refractivity contribution is 7.89. The Morgan fingerprint density at radius 1 is 1.29 bits per heavy atom. The zero-order valence-electron chi connectivity index (χ0n) is 14.7. The van der Waals surface area contributed by atoms with Crippen molar-refractivity contribution in [3.63, 3.8) is 0 Å². The maximum Gasteiger partial charge on any atom is 0.408 e. The average molecular weight is 421 g/mol. The first-order valence-electron chi connectivity index (χ1n) is 7.96. The Kier molecular flexibility index (Phi) is 6.47. The first kappa shape index (κ1) is 21.9. The van der Waals surface area contributed by atoms with Gasteiger partial charge in [0.2, 0.25) is 10.0 Å². The van der Waals surface area contributed by atoms with Gasteiger partial charge in [0.15, 0.2) is 5.75 Å². The summed E-state index contributed by atoms with van der Waals surface area (Å²) in [6.07, 6.45) is -3.64. The van der Waals surface area contributed by atoms with Crippen LogP contribution in [-0.4, -0.2) is 42.7 Å². The Bertz CT molecular complexity index is 988. The summed E-state index contributed by atoms with van der Waals surface area (Å²) in [5.41, 5.74) is -0.729. The molecule has 2 rings (SSSR count). The number of nitrogens with zero attached hydrogens (tertiary/aromatic N) is 2. The minimum Gasteiger partial charge on any atom is -0.487 e. The van der Waals surface area contributed by atoms with Crippen LogP contribution in [-0.2, 0) is 16.6 Å². The first-order valence-corrected chi connectivity index (χ1v) is 9.51. The molecule has 1 aromatic carbocycles. The van der Waals surface area contributed by atoms with Gasteiger partial charge in [-0.2, -0.15) is 18.3 Å². The maximum atomic E-state index is 12.7. The molecule has 0 saturated heterocycles. The number of aliphatic hydroxyl groups excluding tert-OH is 1. The largest absolute Gasteiger partial charge is 0.487 e. The van der Waals surface area contributed by atoms with E-state index in [1.54, 1.807) is 6.92 Å². The Hall–Kier alpha value is -2.44. The average Bonchev–Trinajstić information content (AvgIpc) is 2.60. The lowest BCUT2D eigenvalue weighted by Gasteiger charge is -2.16. The summed E-state index contributed by atoms with van der Waals surface area (Å²) in [5.74, 6) is -0.760. The molecule has 1 heterocycles. The van der Waals surface area contributed by atoms with Gasteiger partial charge in [0, 0.05) is 18.1 Å². The number of hydrogen-bond donors (Lipinski definition) is 2. The highest BCUT2D eigenvalue weighted by Crippen LogP contribution is 2.28. The summed E-state index contributed by atoms with van der Waals surface area (Å²) in [6, 6.07) is 5.03. The third-order valence-corrected chi connectivity index (χ3v) is 4.58. The van der Waals surface area contributed by atoms with Gasteiger partial charge < -0.3 is 9.84 Å². The predicted octanol–water partition coefficient (Wildman–Crippen LogP) is 1.13. The van der Waals surface area contributed by atoms with Crippen molar-refractivity contribution in [2.45, 2.75) is 24.5 Å². The smallest absolute Gasteiger partial charge is 0.408 e. The molecule has 0 aliphatic carbocycles. The van der Waals surface area contributed by atoms with Gasteiger partial charge in [0.1, 0.15) is 6.54 Å². The molecule has 0 aliphatic rings. The molecular weight excluding hydrogens is 403 g/mol. The number of halogens is 3. The van der Waals surface area contributed by atoms with Crippen LogP contribution in [0.4, 0.5) is 13.2 Å². The van der Waals surface area contributed by atoms with E-state index in [0.717, 1.165) is 6.20 Å². The molecule has 0 radical (unpaired) electrons. The van der Waals surface area contributed by atoms with Crippen molar-refractivity contribution in [3.05, 3.63) is 40.8 Å². The number of primary sulfonamides is 1. The lowest BCUT2D eigenvalue weighted by atomic mass is 10.1. The molecule has 1 aromatic heterocycles. The fourth-order valence-corrected chi connectivity index (χ4v) is 2.72. The summed E-state index contributed by atoms with van der Waals surface area (Å²) in [6.45, 7) is -0.345. The van der Waals surface area contributed by atoms with E-state index in [0.29, 0.717) is 5.56 Å². The SMILES string of the molecule is C[C@@H](CO)COc1c(-c2ccc(S(N)(=O)=O)cc2)cnn(CC(F)(F)F)c1=O. The fraction of sp³-hybridized carbons (Fsp3) is 0.375. The number of aromatic nitrogens is 2. The van der Waals surface area contributed by atoms with Crippen molar-refractivity contribution in [3.8, 4) is 16.9 Å². The molecule has 0 unspecified atom stereocenters. The van der Waals surface area contributed by atoms with E-state index in [1.807, 2.05) is 0 Å². The lowest BCUT2D eigenvalue weighted by Crippen LogP contribution is -2.31. The van der Waals surface area contributed by atoms with E-state index >= 15 is 0 Å². The summed E-state index contributed by atoms with van der Waals surface area (Å²) in [4.78, 5) is 12.3. The van der Waals surface area contributed by atoms with Gasteiger partial charge in [-0.25, -0.2) is 18.2 Å². The molecule has 0 fully saturated rings. The monoisotopic (exact) mass is 421 g/mol. The summed E-state index contributed by atoms with van der Waals surface area (Å²) < 4.78 is 66.3. The Labute approximate surface area is 158 Å². The van der Waals surface area contributed by atoms with Crippen LogP contribution in [0.15, 0.2) is 40.2 Å². The second-order valence-corrected chi connectivity index (χ2v) is 7.69. The topological polar surface area (TPSA) is 125 Å². The number of hydrogen-bond acceptors (Lipinski definition) is 6. The van der Waals surface area contributed by atoms with Crippen molar-refractivity contribution in [2.75, 3.05) is 13.2 Å². The molecule has 12 heteroatoms. The number of sulfonamides is 1. The zero-order valence-corrected chi connectivity index (χ0v) is 15.5. The molecule has 3 N–H and O–H groups in total. The van der Waals surface area contributed by atoms with E-state index in [1.165, 1.54) is 24.3 Å². The van der Waals surface area contributed by atoms with Gasteiger partial charge in [-0.05, 0) is 17.7 Å². The van der Waals surface area contributed by atoms with E-state index < -0.39 is 28.3 Å². The highest BCUT2D eigenvalue weighted by atomic mass is 32.2. The second-order valence-electron chi connectivity index (χ2n) is 6.13. The Morgan fingerprint density at radius 3 is 2.39 bits per heavy atom.